The van der Waals surface area contributed by atoms with Crippen molar-refractivity contribution in [2.45, 2.75) is 10.9 Å². The van der Waals surface area contributed by atoms with Crippen LogP contribution in [0.4, 0.5) is 0 Å². The predicted molar refractivity (Wildman–Crippen MR) is 86.1 cm³/mol. The van der Waals surface area contributed by atoms with Gasteiger partial charge in [0.15, 0.2) is 0 Å². The molecule has 3 aromatic rings. The fourth-order valence-corrected chi connectivity index (χ4v) is 2.83. The maximum Gasteiger partial charge on any atom is 0.214 e. The highest BCUT2D eigenvalue weighted by Gasteiger charge is 2.14. The number of ether oxygens (including phenoxy) is 2. The summed E-state index contributed by atoms with van der Waals surface area (Å²) in [5, 5.41) is 12.6. The van der Waals surface area contributed by atoms with Gasteiger partial charge in [0.05, 0.1) is 14.2 Å². The SMILES string of the molecule is COc1ccc(OC)c(-n2nnnc2SCc2cccnc2)c1. The van der Waals surface area contributed by atoms with E-state index in [1.807, 2.05) is 36.5 Å². The van der Waals surface area contributed by atoms with Crippen LogP contribution in [0, 0.1) is 0 Å². The molecule has 2 heterocycles. The average Bonchev–Trinajstić information content (AvgIpc) is 3.08. The molecule has 0 saturated heterocycles. The van der Waals surface area contributed by atoms with Gasteiger partial charge in [-0.05, 0) is 34.2 Å². The third-order valence-electron chi connectivity index (χ3n) is 3.15. The molecule has 1 aromatic carbocycles. The first-order chi connectivity index (χ1) is 11.3. The van der Waals surface area contributed by atoms with E-state index in [0.29, 0.717) is 16.7 Å². The second kappa shape index (κ2) is 7.10. The normalized spacial score (nSPS) is 10.5. The molecule has 0 amide bonds. The van der Waals surface area contributed by atoms with E-state index in [1.165, 1.54) is 11.8 Å². The molecule has 0 fully saturated rings. The predicted octanol–water partition coefficient (Wildman–Crippen LogP) is 2.37. The van der Waals surface area contributed by atoms with Crippen molar-refractivity contribution >= 4 is 11.8 Å². The minimum Gasteiger partial charge on any atom is -0.497 e. The monoisotopic (exact) mass is 329 g/mol. The summed E-state index contributed by atoms with van der Waals surface area (Å²) >= 11 is 1.52. The third-order valence-corrected chi connectivity index (χ3v) is 4.14. The van der Waals surface area contributed by atoms with Crippen molar-refractivity contribution in [2.24, 2.45) is 0 Å². The lowest BCUT2D eigenvalue weighted by molar-refractivity contribution is 0.399. The van der Waals surface area contributed by atoms with Crippen LogP contribution >= 0.6 is 11.8 Å². The van der Waals surface area contributed by atoms with E-state index in [-0.39, 0.29) is 0 Å². The van der Waals surface area contributed by atoms with Gasteiger partial charge in [-0.2, -0.15) is 4.68 Å². The molecule has 0 aliphatic rings. The summed E-state index contributed by atoms with van der Waals surface area (Å²) < 4.78 is 12.3. The molecular weight excluding hydrogens is 314 g/mol. The number of hydrogen-bond acceptors (Lipinski definition) is 7. The van der Waals surface area contributed by atoms with Gasteiger partial charge in [0.2, 0.25) is 5.16 Å². The van der Waals surface area contributed by atoms with Gasteiger partial charge in [0.1, 0.15) is 17.2 Å². The van der Waals surface area contributed by atoms with Gasteiger partial charge in [0.25, 0.3) is 0 Å². The second-order valence-electron chi connectivity index (χ2n) is 4.56. The molecule has 7 nitrogen and oxygen atoms in total. The van der Waals surface area contributed by atoms with Crippen molar-refractivity contribution < 1.29 is 9.47 Å². The maximum atomic E-state index is 5.40. The first kappa shape index (κ1) is 15.3. The number of aromatic nitrogens is 5. The highest BCUT2D eigenvalue weighted by atomic mass is 32.2. The zero-order chi connectivity index (χ0) is 16.1. The van der Waals surface area contributed by atoms with E-state index in [9.17, 15) is 0 Å². The molecular formula is C15H15N5O2S. The Hall–Kier alpha value is -2.61. The van der Waals surface area contributed by atoms with Gasteiger partial charge < -0.3 is 9.47 Å². The fourth-order valence-electron chi connectivity index (χ4n) is 2.01. The number of hydrogen-bond donors (Lipinski definition) is 0. The van der Waals surface area contributed by atoms with Gasteiger partial charge in [0, 0.05) is 24.2 Å². The molecule has 0 unspecified atom stereocenters. The number of thioether (sulfide) groups is 1. The van der Waals surface area contributed by atoms with Crippen molar-refractivity contribution in [3.8, 4) is 17.2 Å². The number of nitrogens with zero attached hydrogens (tertiary/aromatic N) is 5. The molecule has 0 N–H and O–H groups in total. The van der Waals surface area contributed by atoms with Crippen LogP contribution in [0.1, 0.15) is 5.56 Å². The van der Waals surface area contributed by atoms with Crippen molar-refractivity contribution in [2.75, 3.05) is 14.2 Å². The highest BCUT2D eigenvalue weighted by Crippen LogP contribution is 2.30. The molecule has 0 aliphatic carbocycles. The lowest BCUT2D eigenvalue weighted by Crippen LogP contribution is -2.02. The molecule has 3 rings (SSSR count). The lowest BCUT2D eigenvalue weighted by atomic mass is 10.3. The Kier molecular flexibility index (Phi) is 4.72. The Morgan fingerprint density at radius 1 is 1.17 bits per heavy atom. The number of tetrazole rings is 1. The van der Waals surface area contributed by atoms with Crippen molar-refractivity contribution in [3.63, 3.8) is 0 Å². The van der Waals surface area contributed by atoms with Gasteiger partial charge >= 0.3 is 0 Å². The minimum absolute atomic E-state index is 0.667. The van der Waals surface area contributed by atoms with Gasteiger partial charge in [-0.15, -0.1) is 5.10 Å². The summed E-state index contributed by atoms with van der Waals surface area (Å²) in [4.78, 5) is 4.11. The van der Waals surface area contributed by atoms with Crippen LogP contribution in [0.15, 0.2) is 47.9 Å². The first-order valence-corrected chi connectivity index (χ1v) is 7.83. The zero-order valence-electron chi connectivity index (χ0n) is 12.7. The number of pyridine rings is 1. The number of rotatable bonds is 6. The Labute approximate surface area is 137 Å². The lowest BCUT2D eigenvalue weighted by Gasteiger charge is -2.11. The Bertz CT molecular complexity index is 779. The topological polar surface area (TPSA) is 75.0 Å². The third kappa shape index (κ3) is 3.42. The van der Waals surface area contributed by atoms with Crippen molar-refractivity contribution in [3.05, 3.63) is 48.3 Å². The Balaban J connectivity index is 1.88. The standard InChI is InChI=1S/C15H15N5O2S/c1-21-12-5-6-14(22-2)13(8-12)20-15(17-18-19-20)23-10-11-4-3-7-16-9-11/h3-9H,10H2,1-2H3. The van der Waals surface area contributed by atoms with Crippen molar-refractivity contribution in [1.82, 2.24) is 25.2 Å². The van der Waals surface area contributed by atoms with Crippen LogP contribution in [0.5, 0.6) is 11.5 Å². The van der Waals surface area contributed by atoms with Gasteiger partial charge in [-0.3, -0.25) is 4.98 Å². The molecule has 0 saturated carbocycles. The van der Waals surface area contributed by atoms with Gasteiger partial charge in [-0.1, -0.05) is 17.8 Å². The summed E-state index contributed by atoms with van der Waals surface area (Å²) in [6, 6.07) is 9.41. The van der Waals surface area contributed by atoms with E-state index in [0.717, 1.165) is 17.0 Å². The summed E-state index contributed by atoms with van der Waals surface area (Å²) in [7, 11) is 3.22. The summed E-state index contributed by atoms with van der Waals surface area (Å²) in [5.41, 5.74) is 1.83. The van der Waals surface area contributed by atoms with E-state index >= 15 is 0 Å². The molecule has 2 aromatic heterocycles. The molecule has 0 bridgehead atoms. The summed E-state index contributed by atoms with van der Waals surface area (Å²) in [5.74, 6) is 2.10. The minimum atomic E-state index is 0.667. The largest absolute Gasteiger partial charge is 0.497 e. The fraction of sp³-hybridized carbons (Fsp3) is 0.200. The number of methoxy groups -OCH3 is 2. The summed E-state index contributed by atoms with van der Waals surface area (Å²) in [6.45, 7) is 0. The Morgan fingerprint density at radius 3 is 2.83 bits per heavy atom. The van der Waals surface area contributed by atoms with Crippen LogP contribution < -0.4 is 9.47 Å². The second-order valence-corrected chi connectivity index (χ2v) is 5.50. The molecule has 8 heteroatoms. The van der Waals surface area contributed by atoms with Gasteiger partial charge in [-0.25, -0.2) is 0 Å². The molecule has 118 valence electrons. The first-order valence-electron chi connectivity index (χ1n) is 6.84. The van der Waals surface area contributed by atoms with Crippen LogP contribution in [0.25, 0.3) is 5.69 Å². The molecule has 0 radical (unpaired) electrons. The van der Waals surface area contributed by atoms with Crippen LogP contribution in [0.2, 0.25) is 0 Å². The highest BCUT2D eigenvalue weighted by molar-refractivity contribution is 7.98. The van der Waals surface area contributed by atoms with Crippen LogP contribution in [-0.2, 0) is 5.75 Å². The smallest absolute Gasteiger partial charge is 0.214 e. The quantitative estimate of drug-likeness (QED) is 0.643. The van der Waals surface area contributed by atoms with E-state index < -0.39 is 0 Å². The Morgan fingerprint density at radius 2 is 2.09 bits per heavy atom. The molecule has 0 spiro atoms. The molecule has 0 aliphatic heterocycles. The molecule has 23 heavy (non-hydrogen) atoms. The van der Waals surface area contributed by atoms with E-state index in [1.54, 1.807) is 25.1 Å². The van der Waals surface area contributed by atoms with Crippen molar-refractivity contribution in [1.29, 1.82) is 0 Å². The zero-order valence-corrected chi connectivity index (χ0v) is 13.5. The number of benzene rings is 1. The van der Waals surface area contributed by atoms with E-state index in [4.69, 9.17) is 9.47 Å². The van der Waals surface area contributed by atoms with Crippen LogP contribution in [-0.4, -0.2) is 39.4 Å². The summed E-state index contributed by atoms with van der Waals surface area (Å²) in [6.07, 6.45) is 3.58. The average molecular weight is 329 g/mol. The van der Waals surface area contributed by atoms with E-state index in [2.05, 4.69) is 20.5 Å². The van der Waals surface area contributed by atoms with Crippen LogP contribution in [0.3, 0.4) is 0 Å². The molecule has 0 atom stereocenters. The maximum absolute atomic E-state index is 5.40.